The van der Waals surface area contributed by atoms with Gasteiger partial charge in [0.2, 0.25) is 0 Å². The Kier molecular flexibility index (Phi) is 4.51. The number of carbonyl (C=O) groups excluding carboxylic acids is 1. The van der Waals surface area contributed by atoms with Crippen molar-refractivity contribution in [2.24, 2.45) is 0 Å². The molecule has 0 aliphatic carbocycles. The quantitative estimate of drug-likeness (QED) is 0.856. The second-order valence-electron chi connectivity index (χ2n) is 5.76. The van der Waals surface area contributed by atoms with E-state index in [1.54, 1.807) is 11.9 Å². The highest BCUT2D eigenvalue weighted by Gasteiger charge is 2.20. The molecule has 0 aromatic heterocycles. The highest BCUT2D eigenvalue weighted by atomic mass is 16.5. The molecule has 0 fully saturated rings. The number of fused-ring (bicyclic) bond motifs is 1. The maximum absolute atomic E-state index is 11.7. The molecular weight excluding hydrogens is 288 g/mol. The molecule has 0 saturated carbocycles. The van der Waals surface area contributed by atoms with Gasteiger partial charge in [-0.1, -0.05) is 30.3 Å². The van der Waals surface area contributed by atoms with E-state index in [1.807, 2.05) is 19.1 Å². The first kappa shape index (κ1) is 15.4. The van der Waals surface area contributed by atoms with Crippen LogP contribution in [0.3, 0.4) is 0 Å². The maximum Gasteiger partial charge on any atom is 0.409 e. The summed E-state index contributed by atoms with van der Waals surface area (Å²) in [6.07, 6.45) is 0.785. The Morgan fingerprint density at radius 2 is 2.04 bits per heavy atom. The number of ether oxygens (including phenoxy) is 1. The van der Waals surface area contributed by atoms with Gasteiger partial charge in [-0.2, -0.15) is 0 Å². The first-order chi connectivity index (χ1) is 11.2. The van der Waals surface area contributed by atoms with E-state index in [0.717, 1.165) is 18.5 Å². The monoisotopic (exact) mass is 310 g/mol. The van der Waals surface area contributed by atoms with Crippen LogP contribution in [0, 0.1) is 0 Å². The number of carbonyl (C=O) groups is 1. The van der Waals surface area contributed by atoms with Crippen molar-refractivity contribution in [1.82, 2.24) is 4.90 Å². The van der Waals surface area contributed by atoms with Crippen LogP contribution in [0.15, 0.2) is 48.5 Å². The summed E-state index contributed by atoms with van der Waals surface area (Å²) in [6, 6.07) is 16.9. The van der Waals surface area contributed by atoms with E-state index in [0.29, 0.717) is 13.2 Å². The maximum atomic E-state index is 11.7. The molecule has 23 heavy (non-hydrogen) atoms. The zero-order chi connectivity index (χ0) is 16.2. The Morgan fingerprint density at radius 1 is 1.22 bits per heavy atom. The fraction of sp³-hybridized carbons (Fsp3) is 0.316. The van der Waals surface area contributed by atoms with Gasteiger partial charge in [0.25, 0.3) is 0 Å². The Hall–Kier alpha value is -2.49. The lowest BCUT2D eigenvalue weighted by atomic mass is 10.1. The molecule has 0 bridgehead atoms. The van der Waals surface area contributed by atoms with E-state index in [1.165, 1.54) is 16.9 Å². The summed E-state index contributed by atoms with van der Waals surface area (Å²) in [4.78, 5) is 15.7. The lowest BCUT2D eigenvalue weighted by molar-refractivity contribution is 0.114. The summed E-state index contributed by atoms with van der Waals surface area (Å²) >= 11 is 0. The Morgan fingerprint density at radius 3 is 2.87 bits per heavy atom. The van der Waals surface area contributed by atoms with E-state index in [2.05, 4.69) is 41.3 Å². The van der Waals surface area contributed by atoms with Crippen molar-refractivity contribution in [3.63, 3.8) is 0 Å². The highest BCUT2D eigenvalue weighted by molar-refractivity contribution is 5.70. The molecule has 0 saturated heterocycles. The molecule has 1 heterocycles. The second kappa shape index (κ2) is 6.73. The number of nitrogens with zero attached hydrogens (tertiary/aromatic N) is 2. The third-order valence-corrected chi connectivity index (χ3v) is 4.11. The van der Waals surface area contributed by atoms with E-state index in [4.69, 9.17) is 4.74 Å². The smallest absolute Gasteiger partial charge is 0.409 e. The van der Waals surface area contributed by atoms with Gasteiger partial charge >= 0.3 is 6.09 Å². The average molecular weight is 310 g/mol. The first-order valence-corrected chi connectivity index (χ1v) is 8.01. The number of benzene rings is 2. The summed E-state index contributed by atoms with van der Waals surface area (Å²) < 4.78 is 5.03. The number of amides is 1. The molecule has 0 unspecified atom stereocenters. The number of hydrogen-bond donors (Lipinski definition) is 0. The molecule has 0 spiro atoms. The van der Waals surface area contributed by atoms with Gasteiger partial charge in [-0.05, 0) is 42.7 Å². The second-order valence-corrected chi connectivity index (χ2v) is 5.76. The molecule has 2 aromatic rings. The third kappa shape index (κ3) is 3.31. The number of rotatable bonds is 4. The predicted octanol–water partition coefficient (Wildman–Crippen LogP) is 3.97. The Balaban J connectivity index is 1.77. The normalized spacial score (nSPS) is 12.9. The van der Waals surface area contributed by atoms with Crippen LogP contribution in [-0.2, 0) is 17.7 Å². The highest BCUT2D eigenvalue weighted by Crippen LogP contribution is 2.34. The molecular formula is C19H22N2O2. The van der Waals surface area contributed by atoms with Crippen molar-refractivity contribution < 1.29 is 9.53 Å². The van der Waals surface area contributed by atoms with Crippen molar-refractivity contribution in [3.05, 3.63) is 59.7 Å². The van der Waals surface area contributed by atoms with Gasteiger partial charge in [-0.15, -0.1) is 0 Å². The van der Waals surface area contributed by atoms with E-state index < -0.39 is 0 Å². The fourth-order valence-corrected chi connectivity index (χ4v) is 3.00. The summed E-state index contributed by atoms with van der Waals surface area (Å²) in [5.41, 5.74) is 4.94. The zero-order valence-electron chi connectivity index (χ0n) is 13.7. The van der Waals surface area contributed by atoms with Crippen molar-refractivity contribution in [3.8, 4) is 0 Å². The van der Waals surface area contributed by atoms with Crippen molar-refractivity contribution in [2.45, 2.75) is 19.9 Å². The van der Waals surface area contributed by atoms with Crippen LogP contribution in [-0.4, -0.2) is 31.2 Å². The Bertz CT molecular complexity index is 699. The van der Waals surface area contributed by atoms with Gasteiger partial charge in [0.05, 0.1) is 6.61 Å². The van der Waals surface area contributed by atoms with Crippen molar-refractivity contribution in [1.29, 1.82) is 0 Å². The fourth-order valence-electron chi connectivity index (χ4n) is 3.00. The van der Waals surface area contributed by atoms with E-state index in [-0.39, 0.29) is 6.09 Å². The molecule has 2 aromatic carbocycles. The standard InChI is InChI=1S/C19H22N2O2/c1-3-23-19(22)20(2)14-15-7-6-9-17(13-15)21-12-11-16-8-4-5-10-18(16)21/h4-10,13H,3,11-12,14H2,1-2H3. The number of anilines is 2. The minimum atomic E-state index is -0.288. The summed E-state index contributed by atoms with van der Waals surface area (Å²) in [7, 11) is 1.76. The molecule has 1 amide bonds. The minimum absolute atomic E-state index is 0.288. The average Bonchev–Trinajstić information content (AvgIpc) is 2.99. The first-order valence-electron chi connectivity index (χ1n) is 8.01. The van der Waals surface area contributed by atoms with Crippen molar-refractivity contribution >= 4 is 17.5 Å². The van der Waals surface area contributed by atoms with Crippen LogP contribution in [0.25, 0.3) is 0 Å². The Labute approximate surface area is 137 Å². The van der Waals surface area contributed by atoms with Crippen LogP contribution < -0.4 is 4.90 Å². The summed E-state index contributed by atoms with van der Waals surface area (Å²) in [5.74, 6) is 0. The third-order valence-electron chi connectivity index (χ3n) is 4.11. The molecule has 120 valence electrons. The molecule has 4 heteroatoms. The lowest BCUT2D eigenvalue weighted by Gasteiger charge is -2.21. The summed E-state index contributed by atoms with van der Waals surface area (Å²) in [5, 5.41) is 0. The molecule has 4 nitrogen and oxygen atoms in total. The predicted molar refractivity (Wildman–Crippen MR) is 92.1 cm³/mol. The van der Waals surface area contributed by atoms with E-state index in [9.17, 15) is 4.79 Å². The van der Waals surface area contributed by atoms with Crippen LogP contribution in [0.4, 0.5) is 16.2 Å². The lowest BCUT2D eigenvalue weighted by Crippen LogP contribution is -2.27. The van der Waals surface area contributed by atoms with Crippen LogP contribution >= 0.6 is 0 Å². The molecule has 0 radical (unpaired) electrons. The van der Waals surface area contributed by atoms with Crippen LogP contribution in [0.1, 0.15) is 18.1 Å². The van der Waals surface area contributed by atoms with E-state index >= 15 is 0 Å². The molecule has 3 rings (SSSR count). The van der Waals surface area contributed by atoms with Gasteiger partial charge in [-0.25, -0.2) is 4.79 Å². The zero-order valence-corrected chi connectivity index (χ0v) is 13.7. The van der Waals surface area contributed by atoms with Gasteiger partial charge < -0.3 is 14.5 Å². The SMILES string of the molecule is CCOC(=O)N(C)Cc1cccc(N2CCc3ccccc32)c1. The van der Waals surface area contributed by atoms with Crippen molar-refractivity contribution in [2.75, 3.05) is 25.1 Å². The molecule has 1 aliphatic heterocycles. The topological polar surface area (TPSA) is 32.8 Å². The van der Waals surface area contributed by atoms with Gasteiger partial charge in [0, 0.05) is 31.5 Å². The van der Waals surface area contributed by atoms with Crippen LogP contribution in [0.2, 0.25) is 0 Å². The molecule has 1 aliphatic rings. The molecule has 0 N–H and O–H groups in total. The van der Waals surface area contributed by atoms with Gasteiger partial charge in [-0.3, -0.25) is 0 Å². The van der Waals surface area contributed by atoms with Gasteiger partial charge in [0.1, 0.15) is 0 Å². The molecule has 0 atom stereocenters. The summed E-state index contributed by atoms with van der Waals surface area (Å²) in [6.45, 7) is 3.75. The van der Waals surface area contributed by atoms with Gasteiger partial charge in [0.15, 0.2) is 0 Å². The number of para-hydroxylation sites is 1. The largest absolute Gasteiger partial charge is 0.450 e. The number of hydrogen-bond acceptors (Lipinski definition) is 3. The van der Waals surface area contributed by atoms with Crippen LogP contribution in [0.5, 0.6) is 0 Å². The minimum Gasteiger partial charge on any atom is -0.450 e.